The summed E-state index contributed by atoms with van der Waals surface area (Å²) in [6, 6.07) is 0. The fourth-order valence-corrected chi connectivity index (χ4v) is 8.32. The Bertz CT molecular complexity index is 704. The molecule has 0 aromatic carbocycles. The third kappa shape index (κ3) is 1.68. The average molecular weight is 338 g/mol. The van der Waals surface area contributed by atoms with E-state index < -0.39 is 0 Å². The number of hydrogen-bond acceptors (Lipinski definition) is 2. The second-order valence-corrected chi connectivity index (χ2v) is 9.69. The Hall–Kier alpha value is -1.18. The van der Waals surface area contributed by atoms with Crippen LogP contribution in [0.15, 0.2) is 23.8 Å². The van der Waals surface area contributed by atoms with Gasteiger partial charge in [0, 0.05) is 18.3 Å². The largest absolute Gasteiger partial charge is 0.299 e. The van der Waals surface area contributed by atoms with Crippen molar-refractivity contribution in [3.05, 3.63) is 23.8 Å². The first-order valence-corrected chi connectivity index (χ1v) is 10.4. The second kappa shape index (κ2) is 4.96. The summed E-state index contributed by atoms with van der Waals surface area (Å²) >= 11 is 0. The van der Waals surface area contributed by atoms with Crippen molar-refractivity contribution in [2.45, 2.75) is 71.6 Å². The maximum Gasteiger partial charge on any atom is 0.155 e. The van der Waals surface area contributed by atoms with Gasteiger partial charge in [-0.05, 0) is 85.2 Å². The highest BCUT2D eigenvalue weighted by Gasteiger charge is 2.75. The van der Waals surface area contributed by atoms with E-state index in [-0.39, 0.29) is 10.8 Å². The van der Waals surface area contributed by atoms with Gasteiger partial charge in [-0.15, -0.1) is 0 Å². The number of hydrogen-bond donors (Lipinski definition) is 0. The van der Waals surface area contributed by atoms with E-state index in [2.05, 4.69) is 26.0 Å². The van der Waals surface area contributed by atoms with Crippen LogP contribution in [-0.2, 0) is 9.59 Å². The molecule has 0 amide bonds. The molecule has 0 heterocycles. The molecule has 0 unspecified atom stereocenters. The fourth-order valence-electron chi connectivity index (χ4n) is 8.32. The van der Waals surface area contributed by atoms with Gasteiger partial charge in [-0.1, -0.05) is 26.0 Å². The molecular formula is C23H30O2. The van der Waals surface area contributed by atoms with E-state index >= 15 is 0 Å². The van der Waals surface area contributed by atoms with Crippen molar-refractivity contribution >= 4 is 11.6 Å². The fraction of sp³-hybridized carbons (Fsp3) is 0.739. The van der Waals surface area contributed by atoms with Crippen molar-refractivity contribution in [1.82, 2.24) is 0 Å². The van der Waals surface area contributed by atoms with Gasteiger partial charge in [0.2, 0.25) is 0 Å². The van der Waals surface area contributed by atoms with Gasteiger partial charge in [0.15, 0.2) is 5.78 Å². The van der Waals surface area contributed by atoms with Crippen LogP contribution in [0.2, 0.25) is 0 Å². The van der Waals surface area contributed by atoms with Gasteiger partial charge < -0.3 is 0 Å². The van der Waals surface area contributed by atoms with Crippen LogP contribution in [-0.4, -0.2) is 11.6 Å². The molecule has 0 aromatic rings. The smallest absolute Gasteiger partial charge is 0.155 e. The predicted molar refractivity (Wildman–Crippen MR) is 97.9 cm³/mol. The molecule has 134 valence electrons. The van der Waals surface area contributed by atoms with Gasteiger partial charge in [-0.2, -0.15) is 0 Å². The SMILES string of the molecule is CCC(=O)C12CCC3(CC1)[C@@H]1C=CC4=CC(=O)CC[C@@H]4[C@H]1CC[C@]23C. The lowest BCUT2D eigenvalue weighted by molar-refractivity contribution is -0.138. The molecule has 0 aliphatic heterocycles. The lowest BCUT2D eigenvalue weighted by Crippen LogP contribution is -2.52. The Morgan fingerprint density at radius 2 is 1.92 bits per heavy atom. The maximum atomic E-state index is 13.0. The normalized spacial score (nSPS) is 50.1. The number of allylic oxidation sites excluding steroid dienone is 4. The number of carbonyl (C=O) groups is 2. The lowest BCUT2D eigenvalue weighted by Gasteiger charge is -2.57. The van der Waals surface area contributed by atoms with Crippen LogP contribution in [0.3, 0.4) is 0 Å². The highest BCUT2D eigenvalue weighted by molar-refractivity contribution is 5.92. The molecule has 5 rings (SSSR count). The van der Waals surface area contributed by atoms with Gasteiger partial charge >= 0.3 is 0 Å². The van der Waals surface area contributed by atoms with Crippen molar-refractivity contribution in [2.24, 2.45) is 34.0 Å². The molecule has 3 fully saturated rings. The minimum atomic E-state index is -0.0286. The van der Waals surface area contributed by atoms with Crippen LogP contribution in [0.1, 0.15) is 71.6 Å². The summed E-state index contributed by atoms with van der Waals surface area (Å²) < 4.78 is 0. The standard InChI is InChI=1S/C23H30O2/c1-3-20(25)23-12-10-22(11-13-23)19-7-4-15-14-16(24)5-6-17(15)18(19)8-9-21(22,23)2/h4,7,14,17-19H,3,5-6,8-13H2,1-2H3/t17-,18+,19+,21-,22?,23?/m0/s1. The number of ketones is 2. The summed E-state index contributed by atoms with van der Waals surface area (Å²) in [5.74, 6) is 2.75. The molecule has 0 radical (unpaired) electrons. The van der Waals surface area contributed by atoms with Crippen molar-refractivity contribution in [3.63, 3.8) is 0 Å². The second-order valence-electron chi connectivity index (χ2n) is 9.69. The Balaban J connectivity index is 1.59. The molecule has 4 atom stereocenters. The van der Waals surface area contributed by atoms with E-state index in [0.717, 1.165) is 25.7 Å². The van der Waals surface area contributed by atoms with Crippen LogP contribution >= 0.6 is 0 Å². The van der Waals surface area contributed by atoms with Crippen LogP contribution in [0, 0.1) is 34.0 Å². The highest BCUT2D eigenvalue weighted by atomic mass is 16.1. The Labute approximate surface area is 151 Å². The molecule has 2 nitrogen and oxygen atoms in total. The summed E-state index contributed by atoms with van der Waals surface area (Å²) in [5, 5.41) is 0. The quantitative estimate of drug-likeness (QED) is 0.707. The van der Waals surface area contributed by atoms with E-state index in [1.54, 1.807) is 0 Å². The van der Waals surface area contributed by atoms with Crippen LogP contribution in [0.5, 0.6) is 0 Å². The zero-order valence-corrected chi connectivity index (χ0v) is 15.6. The topological polar surface area (TPSA) is 34.1 Å². The van der Waals surface area contributed by atoms with Crippen molar-refractivity contribution < 1.29 is 9.59 Å². The van der Waals surface area contributed by atoms with E-state index in [9.17, 15) is 9.59 Å². The molecule has 3 saturated carbocycles. The minimum absolute atomic E-state index is 0.0286. The maximum absolute atomic E-state index is 13.0. The third-order valence-corrected chi connectivity index (χ3v) is 9.55. The Morgan fingerprint density at radius 1 is 1.16 bits per heavy atom. The predicted octanol–water partition coefficient (Wildman–Crippen LogP) is 5.03. The zero-order valence-electron chi connectivity index (χ0n) is 15.6. The number of rotatable bonds is 2. The summed E-state index contributed by atoms with van der Waals surface area (Å²) in [5.41, 5.74) is 1.80. The van der Waals surface area contributed by atoms with Crippen LogP contribution in [0.25, 0.3) is 0 Å². The first kappa shape index (κ1) is 16.0. The molecule has 2 heteroatoms. The number of Topliss-reactive ketones (excluding diaryl/α,β-unsaturated/α-hetero) is 1. The van der Waals surface area contributed by atoms with E-state index in [4.69, 9.17) is 0 Å². The van der Waals surface area contributed by atoms with E-state index in [1.165, 1.54) is 31.3 Å². The minimum Gasteiger partial charge on any atom is -0.299 e. The van der Waals surface area contributed by atoms with Crippen LogP contribution in [0.4, 0.5) is 0 Å². The Morgan fingerprint density at radius 3 is 2.64 bits per heavy atom. The highest BCUT2D eigenvalue weighted by Crippen LogP contribution is 2.80. The lowest BCUT2D eigenvalue weighted by atomic mass is 9.46. The molecule has 25 heavy (non-hydrogen) atoms. The Kier molecular flexibility index (Phi) is 3.18. The molecule has 0 N–H and O–H groups in total. The monoisotopic (exact) mass is 338 g/mol. The zero-order chi connectivity index (χ0) is 17.4. The van der Waals surface area contributed by atoms with Crippen LogP contribution < -0.4 is 0 Å². The van der Waals surface area contributed by atoms with E-state index in [1.807, 2.05) is 6.08 Å². The van der Waals surface area contributed by atoms with Gasteiger partial charge in [-0.25, -0.2) is 0 Å². The molecule has 5 aliphatic rings. The first-order chi connectivity index (χ1) is 12.0. The summed E-state index contributed by atoms with van der Waals surface area (Å²) in [6.45, 7) is 4.53. The van der Waals surface area contributed by atoms with Gasteiger partial charge in [0.05, 0.1) is 0 Å². The van der Waals surface area contributed by atoms with Gasteiger partial charge in [0.25, 0.3) is 0 Å². The van der Waals surface area contributed by atoms with Crippen molar-refractivity contribution in [2.75, 3.05) is 0 Å². The summed E-state index contributed by atoms with van der Waals surface area (Å²) in [4.78, 5) is 24.8. The van der Waals surface area contributed by atoms with Gasteiger partial charge in [-0.3, -0.25) is 9.59 Å². The molecule has 0 spiro atoms. The summed E-state index contributed by atoms with van der Waals surface area (Å²) in [7, 11) is 0. The molecule has 2 bridgehead atoms. The van der Waals surface area contributed by atoms with Gasteiger partial charge in [0.1, 0.15) is 5.78 Å². The molecule has 0 aromatic heterocycles. The average Bonchev–Trinajstić information content (AvgIpc) is 3.05. The number of carbonyl (C=O) groups excluding carboxylic acids is 2. The number of fused-ring (bicyclic) bond motifs is 3. The molecule has 5 aliphatic carbocycles. The molecule has 0 saturated heterocycles. The van der Waals surface area contributed by atoms with E-state index in [0.29, 0.717) is 41.2 Å². The van der Waals surface area contributed by atoms with Crippen molar-refractivity contribution in [1.29, 1.82) is 0 Å². The van der Waals surface area contributed by atoms with Crippen molar-refractivity contribution in [3.8, 4) is 0 Å². The summed E-state index contributed by atoms with van der Waals surface area (Å²) in [6.07, 6.45) is 16.3. The third-order valence-electron chi connectivity index (χ3n) is 9.55. The first-order valence-electron chi connectivity index (χ1n) is 10.4. The molecular weight excluding hydrogens is 308 g/mol.